The molecule has 0 fully saturated rings. The van der Waals surface area contributed by atoms with Crippen LogP contribution in [0.1, 0.15) is 36.6 Å². The van der Waals surface area contributed by atoms with Crippen molar-refractivity contribution in [3.05, 3.63) is 137 Å². The van der Waals surface area contributed by atoms with E-state index in [1.165, 1.54) is 16.8 Å². The molecule has 1 aromatic heterocycles. The van der Waals surface area contributed by atoms with E-state index in [0.717, 1.165) is 66.1 Å². The molecule has 0 aliphatic heterocycles. The van der Waals surface area contributed by atoms with Gasteiger partial charge in [0.15, 0.2) is 0 Å². The second-order valence-corrected chi connectivity index (χ2v) is 10.5. The van der Waals surface area contributed by atoms with Crippen LogP contribution >= 0.6 is 15.9 Å². The van der Waals surface area contributed by atoms with Gasteiger partial charge in [-0.1, -0.05) is 138 Å². The molecule has 1 heterocycles. The second kappa shape index (κ2) is 12.9. The highest BCUT2D eigenvalue weighted by Gasteiger charge is 2.22. The summed E-state index contributed by atoms with van der Waals surface area (Å²) in [7, 11) is 0. The standard InChI is InChI=1S/C34H34BrN3/c1-2-3-23-38-32(33(28-17-9-5-10-18-28)36-34(38)29-19-11-6-12-20-29)26-37(24-27-15-7-4-8-16-27)25-30-21-13-14-22-31(30)35/h4-22H,2-3,23-26H2,1H3. The number of unbranched alkanes of at least 4 members (excludes halogenated alkanes) is 1. The third-order valence-electron chi connectivity index (χ3n) is 6.86. The molecule has 0 radical (unpaired) electrons. The van der Waals surface area contributed by atoms with Gasteiger partial charge in [0.05, 0.1) is 11.4 Å². The number of imidazole rings is 1. The predicted molar refractivity (Wildman–Crippen MR) is 162 cm³/mol. The molecule has 4 heteroatoms. The number of benzene rings is 4. The first kappa shape index (κ1) is 26.1. The number of aromatic nitrogens is 2. The van der Waals surface area contributed by atoms with Crippen molar-refractivity contribution < 1.29 is 0 Å². The highest BCUT2D eigenvalue weighted by atomic mass is 79.9. The fourth-order valence-electron chi connectivity index (χ4n) is 4.93. The average Bonchev–Trinajstić information content (AvgIpc) is 3.32. The van der Waals surface area contributed by atoms with E-state index in [4.69, 9.17) is 4.98 Å². The highest BCUT2D eigenvalue weighted by Crippen LogP contribution is 2.32. The van der Waals surface area contributed by atoms with Crippen molar-refractivity contribution in [2.24, 2.45) is 0 Å². The van der Waals surface area contributed by atoms with Crippen molar-refractivity contribution in [1.29, 1.82) is 0 Å². The van der Waals surface area contributed by atoms with Crippen LogP contribution in [0.2, 0.25) is 0 Å². The van der Waals surface area contributed by atoms with Gasteiger partial charge in [-0.05, 0) is 23.6 Å². The molecule has 0 saturated carbocycles. The monoisotopic (exact) mass is 563 g/mol. The van der Waals surface area contributed by atoms with E-state index in [-0.39, 0.29) is 0 Å². The fourth-order valence-corrected chi connectivity index (χ4v) is 5.34. The van der Waals surface area contributed by atoms with Gasteiger partial charge in [-0.2, -0.15) is 0 Å². The van der Waals surface area contributed by atoms with Gasteiger partial charge in [0, 0.05) is 41.8 Å². The molecule has 3 nitrogen and oxygen atoms in total. The summed E-state index contributed by atoms with van der Waals surface area (Å²) in [6.07, 6.45) is 2.25. The number of halogens is 1. The molecular weight excluding hydrogens is 530 g/mol. The minimum Gasteiger partial charge on any atom is -0.326 e. The second-order valence-electron chi connectivity index (χ2n) is 9.69. The molecule has 0 N–H and O–H groups in total. The van der Waals surface area contributed by atoms with Crippen LogP contribution in [0.3, 0.4) is 0 Å². The Morgan fingerprint density at radius 2 is 1.29 bits per heavy atom. The van der Waals surface area contributed by atoms with Crippen LogP contribution in [-0.4, -0.2) is 14.5 Å². The lowest BCUT2D eigenvalue weighted by atomic mass is 10.1. The van der Waals surface area contributed by atoms with E-state index in [1.807, 2.05) is 0 Å². The molecule has 38 heavy (non-hydrogen) atoms. The van der Waals surface area contributed by atoms with Gasteiger partial charge < -0.3 is 4.57 Å². The van der Waals surface area contributed by atoms with Gasteiger partial charge in [-0.3, -0.25) is 4.90 Å². The van der Waals surface area contributed by atoms with Gasteiger partial charge >= 0.3 is 0 Å². The molecule has 5 rings (SSSR count). The zero-order valence-corrected chi connectivity index (χ0v) is 23.5. The lowest BCUT2D eigenvalue weighted by Gasteiger charge is -2.25. The molecule has 5 aromatic rings. The smallest absolute Gasteiger partial charge is 0.140 e. The van der Waals surface area contributed by atoms with E-state index in [0.29, 0.717) is 0 Å². The summed E-state index contributed by atoms with van der Waals surface area (Å²) in [5.74, 6) is 1.05. The highest BCUT2D eigenvalue weighted by molar-refractivity contribution is 9.10. The quantitative estimate of drug-likeness (QED) is 0.160. The van der Waals surface area contributed by atoms with Crippen LogP contribution in [0.4, 0.5) is 0 Å². The Kier molecular flexibility index (Phi) is 8.85. The Balaban J connectivity index is 1.62. The van der Waals surface area contributed by atoms with Crippen LogP contribution in [0.25, 0.3) is 22.6 Å². The van der Waals surface area contributed by atoms with E-state index in [9.17, 15) is 0 Å². The first-order chi connectivity index (χ1) is 18.7. The maximum Gasteiger partial charge on any atom is 0.140 e. The lowest BCUT2D eigenvalue weighted by molar-refractivity contribution is 0.241. The number of hydrogen-bond acceptors (Lipinski definition) is 2. The van der Waals surface area contributed by atoms with Gasteiger partial charge in [-0.25, -0.2) is 4.98 Å². The molecule has 0 atom stereocenters. The number of nitrogens with zero attached hydrogens (tertiary/aromatic N) is 3. The van der Waals surface area contributed by atoms with Crippen LogP contribution in [0.5, 0.6) is 0 Å². The van der Waals surface area contributed by atoms with E-state index < -0.39 is 0 Å². The van der Waals surface area contributed by atoms with Crippen molar-refractivity contribution in [2.45, 2.75) is 45.9 Å². The third kappa shape index (κ3) is 6.32. The Hall–Kier alpha value is -3.47. The fraction of sp³-hybridized carbons (Fsp3) is 0.206. The molecule has 4 aromatic carbocycles. The largest absolute Gasteiger partial charge is 0.326 e. The van der Waals surface area contributed by atoms with E-state index in [1.54, 1.807) is 0 Å². The molecule has 0 aliphatic carbocycles. The molecular formula is C34H34BrN3. The Bertz CT molecular complexity index is 1430. The molecule has 0 amide bonds. The summed E-state index contributed by atoms with van der Waals surface area (Å²) in [5.41, 5.74) is 7.26. The summed E-state index contributed by atoms with van der Waals surface area (Å²) < 4.78 is 3.62. The molecule has 0 aliphatic rings. The van der Waals surface area contributed by atoms with Gasteiger partial charge in [-0.15, -0.1) is 0 Å². The van der Waals surface area contributed by atoms with Gasteiger partial charge in [0.2, 0.25) is 0 Å². The molecule has 0 spiro atoms. The van der Waals surface area contributed by atoms with Gasteiger partial charge in [0.25, 0.3) is 0 Å². The Labute approximate surface area is 234 Å². The summed E-state index contributed by atoms with van der Waals surface area (Å²) in [6, 6.07) is 40.6. The normalized spacial score (nSPS) is 11.2. The molecule has 0 bridgehead atoms. The average molecular weight is 565 g/mol. The predicted octanol–water partition coefficient (Wildman–Crippen LogP) is 8.98. The van der Waals surface area contributed by atoms with E-state index >= 15 is 0 Å². The summed E-state index contributed by atoms with van der Waals surface area (Å²) in [4.78, 5) is 7.85. The van der Waals surface area contributed by atoms with Crippen LogP contribution in [0.15, 0.2) is 120 Å². The Morgan fingerprint density at radius 3 is 1.95 bits per heavy atom. The summed E-state index contributed by atoms with van der Waals surface area (Å²) in [6.45, 7) is 5.69. The topological polar surface area (TPSA) is 21.1 Å². The zero-order chi connectivity index (χ0) is 26.2. The van der Waals surface area contributed by atoms with Crippen molar-refractivity contribution >= 4 is 15.9 Å². The van der Waals surface area contributed by atoms with Crippen molar-refractivity contribution in [2.75, 3.05) is 0 Å². The first-order valence-corrected chi connectivity index (χ1v) is 14.2. The first-order valence-electron chi connectivity index (χ1n) is 13.4. The number of rotatable bonds is 11. The summed E-state index contributed by atoms with van der Waals surface area (Å²) in [5, 5.41) is 0. The molecule has 192 valence electrons. The lowest BCUT2D eigenvalue weighted by Crippen LogP contribution is -2.25. The Morgan fingerprint density at radius 1 is 0.684 bits per heavy atom. The minimum absolute atomic E-state index is 0.796. The van der Waals surface area contributed by atoms with Crippen molar-refractivity contribution in [1.82, 2.24) is 14.5 Å². The van der Waals surface area contributed by atoms with Crippen LogP contribution in [0, 0.1) is 0 Å². The maximum absolute atomic E-state index is 5.32. The van der Waals surface area contributed by atoms with E-state index in [2.05, 4.69) is 148 Å². The molecule has 0 saturated heterocycles. The van der Waals surface area contributed by atoms with Crippen molar-refractivity contribution in [3.63, 3.8) is 0 Å². The zero-order valence-electron chi connectivity index (χ0n) is 21.9. The summed E-state index contributed by atoms with van der Waals surface area (Å²) >= 11 is 3.79. The molecule has 0 unspecified atom stereocenters. The van der Waals surface area contributed by atoms with Crippen LogP contribution in [-0.2, 0) is 26.2 Å². The van der Waals surface area contributed by atoms with Crippen molar-refractivity contribution in [3.8, 4) is 22.6 Å². The maximum atomic E-state index is 5.32. The van der Waals surface area contributed by atoms with Gasteiger partial charge in [0.1, 0.15) is 5.82 Å². The number of hydrogen-bond donors (Lipinski definition) is 0. The minimum atomic E-state index is 0.796. The van der Waals surface area contributed by atoms with Crippen LogP contribution < -0.4 is 0 Å². The third-order valence-corrected chi connectivity index (χ3v) is 7.63. The SMILES string of the molecule is CCCCn1c(-c2ccccc2)nc(-c2ccccc2)c1CN(Cc1ccccc1)Cc1ccccc1Br.